The Morgan fingerprint density at radius 2 is 2.12 bits per heavy atom. The van der Waals surface area contributed by atoms with Crippen LogP contribution in [-0.2, 0) is 13.5 Å². The second kappa shape index (κ2) is 5.62. The third-order valence-corrected chi connectivity index (χ3v) is 4.46. The first-order chi connectivity index (χ1) is 7.93. The van der Waals surface area contributed by atoms with Gasteiger partial charge in [0.25, 0.3) is 0 Å². The molecule has 0 fully saturated rings. The van der Waals surface area contributed by atoms with E-state index < -0.39 is 0 Å². The summed E-state index contributed by atoms with van der Waals surface area (Å²) in [6.45, 7) is 5.93. The predicted octanol–water partition coefficient (Wildman–Crippen LogP) is 3.17. The average Bonchev–Trinajstić information content (AvgIpc) is 2.64. The minimum absolute atomic E-state index is 0.0678. The lowest BCUT2D eigenvalue weighted by Gasteiger charge is -2.16. The van der Waals surface area contributed by atoms with Crippen LogP contribution in [-0.4, -0.2) is 19.5 Å². The van der Waals surface area contributed by atoms with Gasteiger partial charge in [0.1, 0.15) is 11.4 Å². The second-order valence-corrected chi connectivity index (χ2v) is 5.30. The molecule has 1 rings (SSSR count). The van der Waals surface area contributed by atoms with Crippen LogP contribution < -0.4 is 0 Å². The van der Waals surface area contributed by atoms with E-state index >= 15 is 0 Å². The Morgan fingerprint density at radius 3 is 2.53 bits per heavy atom. The summed E-state index contributed by atoms with van der Waals surface area (Å²) in [5.74, 6) is 0.0678. The molecule has 0 aliphatic rings. The number of halogens is 1. The van der Waals surface area contributed by atoms with Gasteiger partial charge in [-0.1, -0.05) is 36.7 Å². The lowest BCUT2D eigenvalue weighted by atomic mass is 10.00. The van der Waals surface area contributed by atoms with Gasteiger partial charge in [-0.05, 0) is 12.8 Å². The van der Waals surface area contributed by atoms with Gasteiger partial charge < -0.3 is 0 Å². The van der Waals surface area contributed by atoms with Crippen molar-refractivity contribution in [2.24, 2.45) is 7.05 Å². The van der Waals surface area contributed by atoms with Crippen molar-refractivity contribution < 1.29 is 4.92 Å². The predicted molar refractivity (Wildman–Crippen MR) is 70.7 cm³/mol. The molecule has 96 valence electrons. The second-order valence-electron chi connectivity index (χ2n) is 4.13. The molecule has 6 heteroatoms. The Morgan fingerprint density at radius 1 is 1.53 bits per heavy atom. The highest BCUT2D eigenvalue weighted by molar-refractivity contribution is 9.09. The van der Waals surface area contributed by atoms with E-state index in [1.54, 1.807) is 11.7 Å². The van der Waals surface area contributed by atoms with E-state index in [0.29, 0.717) is 17.8 Å². The highest BCUT2D eigenvalue weighted by Crippen LogP contribution is 2.35. The first kappa shape index (κ1) is 14.2. The zero-order chi connectivity index (χ0) is 13.2. The van der Waals surface area contributed by atoms with Gasteiger partial charge in [0.2, 0.25) is 0 Å². The van der Waals surface area contributed by atoms with E-state index in [1.807, 2.05) is 13.8 Å². The monoisotopic (exact) mass is 303 g/mol. The van der Waals surface area contributed by atoms with Gasteiger partial charge in [-0.25, -0.2) is 0 Å². The molecule has 2 unspecified atom stereocenters. The molecule has 1 aromatic heterocycles. The van der Waals surface area contributed by atoms with Crippen LogP contribution in [0.2, 0.25) is 0 Å². The molecule has 0 saturated heterocycles. The summed E-state index contributed by atoms with van der Waals surface area (Å²) in [5, 5.41) is 15.4. The fourth-order valence-corrected chi connectivity index (χ4v) is 2.31. The van der Waals surface area contributed by atoms with Crippen LogP contribution in [0.3, 0.4) is 0 Å². The largest absolute Gasteiger partial charge is 0.313 e. The number of rotatable bonds is 5. The fourth-order valence-electron chi connectivity index (χ4n) is 2.06. The van der Waals surface area contributed by atoms with Crippen LogP contribution in [0.25, 0.3) is 0 Å². The van der Waals surface area contributed by atoms with Gasteiger partial charge in [0.05, 0.1) is 4.92 Å². The van der Waals surface area contributed by atoms with E-state index in [2.05, 4.69) is 28.0 Å². The number of nitrogens with zero attached hydrogens (tertiary/aromatic N) is 3. The number of alkyl halides is 1. The molecule has 0 bridgehead atoms. The maximum absolute atomic E-state index is 11.2. The standard InChI is InChI=1S/C11H18BrN3O2/c1-5-8(12)7(3)10-11(15(16)17)9(6-2)13-14(10)4/h7-8H,5-6H2,1-4H3. The van der Waals surface area contributed by atoms with Crippen LogP contribution >= 0.6 is 15.9 Å². The van der Waals surface area contributed by atoms with Crippen molar-refractivity contribution in [1.29, 1.82) is 0 Å². The van der Waals surface area contributed by atoms with E-state index in [9.17, 15) is 10.1 Å². The summed E-state index contributed by atoms with van der Waals surface area (Å²) < 4.78 is 1.64. The van der Waals surface area contributed by atoms with Crippen molar-refractivity contribution in [3.8, 4) is 0 Å². The van der Waals surface area contributed by atoms with Gasteiger partial charge >= 0.3 is 5.69 Å². The molecular weight excluding hydrogens is 286 g/mol. The lowest BCUT2D eigenvalue weighted by molar-refractivity contribution is -0.386. The number of nitro groups is 1. The minimum Gasteiger partial charge on any atom is -0.265 e. The van der Waals surface area contributed by atoms with Crippen molar-refractivity contribution in [2.75, 3.05) is 0 Å². The smallest absolute Gasteiger partial charge is 0.265 e. The molecular formula is C11H18BrN3O2. The molecule has 5 nitrogen and oxygen atoms in total. The lowest BCUT2D eigenvalue weighted by Crippen LogP contribution is -2.13. The third-order valence-electron chi connectivity index (χ3n) is 3.02. The normalized spacial score (nSPS) is 14.6. The molecule has 0 aliphatic heterocycles. The highest BCUT2D eigenvalue weighted by atomic mass is 79.9. The number of aromatic nitrogens is 2. The van der Waals surface area contributed by atoms with E-state index in [-0.39, 0.29) is 21.4 Å². The van der Waals surface area contributed by atoms with Crippen molar-refractivity contribution in [1.82, 2.24) is 9.78 Å². The Labute approximate surface area is 109 Å². The van der Waals surface area contributed by atoms with Crippen LogP contribution in [0.4, 0.5) is 5.69 Å². The van der Waals surface area contributed by atoms with Gasteiger partial charge in [0.15, 0.2) is 0 Å². The summed E-state index contributed by atoms with van der Waals surface area (Å²) >= 11 is 3.56. The van der Waals surface area contributed by atoms with E-state index in [4.69, 9.17) is 0 Å². The molecule has 2 atom stereocenters. The maximum atomic E-state index is 11.2. The summed E-state index contributed by atoms with van der Waals surface area (Å²) in [5.41, 5.74) is 1.45. The molecule has 0 aromatic carbocycles. The number of hydrogen-bond donors (Lipinski definition) is 0. The van der Waals surface area contributed by atoms with Crippen LogP contribution in [0.15, 0.2) is 0 Å². The molecule has 0 radical (unpaired) electrons. The van der Waals surface area contributed by atoms with Crippen LogP contribution in [0.1, 0.15) is 44.5 Å². The van der Waals surface area contributed by atoms with Crippen molar-refractivity contribution in [2.45, 2.75) is 44.4 Å². The Kier molecular flexibility index (Phi) is 4.68. The molecule has 17 heavy (non-hydrogen) atoms. The molecule has 1 aromatic rings. The maximum Gasteiger partial charge on any atom is 0.313 e. The number of hydrogen-bond acceptors (Lipinski definition) is 3. The Bertz CT molecular complexity index is 417. The van der Waals surface area contributed by atoms with Crippen LogP contribution in [0.5, 0.6) is 0 Å². The minimum atomic E-state index is -0.312. The summed E-state index contributed by atoms with van der Waals surface area (Å²) in [6.07, 6.45) is 1.50. The van der Waals surface area contributed by atoms with Crippen molar-refractivity contribution in [3.05, 3.63) is 21.5 Å². The zero-order valence-corrected chi connectivity index (χ0v) is 12.2. The average molecular weight is 304 g/mol. The van der Waals surface area contributed by atoms with Crippen LogP contribution in [0, 0.1) is 10.1 Å². The first-order valence-electron chi connectivity index (χ1n) is 5.78. The number of aryl methyl sites for hydroxylation is 2. The van der Waals surface area contributed by atoms with Gasteiger partial charge in [0, 0.05) is 17.8 Å². The molecule has 0 saturated carbocycles. The summed E-state index contributed by atoms with van der Waals surface area (Å²) in [6, 6.07) is 0. The Hall–Kier alpha value is -0.910. The van der Waals surface area contributed by atoms with Gasteiger partial charge in [-0.2, -0.15) is 5.10 Å². The quantitative estimate of drug-likeness (QED) is 0.477. The molecule has 0 N–H and O–H groups in total. The van der Waals surface area contributed by atoms with Gasteiger partial charge in [-0.3, -0.25) is 14.8 Å². The first-order valence-corrected chi connectivity index (χ1v) is 6.69. The van der Waals surface area contributed by atoms with Crippen molar-refractivity contribution in [3.63, 3.8) is 0 Å². The zero-order valence-electron chi connectivity index (χ0n) is 10.6. The van der Waals surface area contributed by atoms with E-state index in [0.717, 1.165) is 6.42 Å². The summed E-state index contributed by atoms with van der Waals surface area (Å²) in [7, 11) is 1.77. The molecule has 0 amide bonds. The topological polar surface area (TPSA) is 61.0 Å². The molecule has 1 heterocycles. The van der Waals surface area contributed by atoms with E-state index in [1.165, 1.54) is 0 Å². The highest BCUT2D eigenvalue weighted by Gasteiger charge is 2.31. The third kappa shape index (κ3) is 2.68. The fraction of sp³-hybridized carbons (Fsp3) is 0.727. The molecule has 0 spiro atoms. The molecule has 0 aliphatic carbocycles. The van der Waals surface area contributed by atoms with Crippen molar-refractivity contribution >= 4 is 21.6 Å². The SMILES string of the molecule is CCc1nn(C)c(C(C)C(Br)CC)c1[N+](=O)[O-]. The Balaban J connectivity index is 3.31. The summed E-state index contributed by atoms with van der Waals surface area (Å²) in [4.78, 5) is 11.1. The van der Waals surface area contributed by atoms with Gasteiger partial charge in [-0.15, -0.1) is 0 Å².